The molecule has 5 aliphatic heterocycles. The van der Waals surface area contributed by atoms with E-state index in [1.165, 1.54) is 29.2 Å². The number of rotatable bonds is 32. The second-order valence-corrected chi connectivity index (χ2v) is 31.4. The van der Waals surface area contributed by atoms with Crippen LogP contribution in [-0.2, 0) is 44.8 Å². The van der Waals surface area contributed by atoms with Crippen molar-refractivity contribution in [1.82, 2.24) is 67.3 Å². The number of unbranched alkanes of at least 4 members (excludes halogenated alkanes) is 2. The number of aliphatic hydroxyl groups is 1. The standard InChI is InChI=1S/C91H104N16O11/c1-53(2)50-74(88(115)107-49-21-32-76(107)89(116)106-48-20-31-75(106)86(113)102-72(90(117)118)30-19-47-95-91(92)93)104-85(112)73(51-61-52-96-63-29-17-16-28-62(61)63)103-87(114)82(55(4)108)105-83(110)54(3)97-77(109)33-15-8-18-46-94-84(111)60-36-34-59(35-37-60)81-70-44-42-68(100-70)79(57-24-11-6-12-25-57)66-40-38-64(98-66)78(56-22-9-5-10-23-56)65-39-41-67(99-65)80(58-26-13-7-14-27-58)69-43-45-71(81)101-69/h5-7,9-14,16-17,22-29,34-38,40,42-45,52-55,65,72-76,82,96,98-99,101,108H,8,15,18-21,30-33,39,41,46-51H2,1-4H3,(H,94,111)(H,97,109)(H,102,113)(H,103,114)(H,104,112)(H,105,110)(H,117,118)(H4,92,93,95)/b78-64-,79-66-,80-67-,81-70-/t54-,55+,65?,72-,73-,74-,75-,76-,82-/m0/s1. The van der Waals surface area contributed by atoms with Crippen molar-refractivity contribution in [1.29, 1.82) is 5.41 Å². The van der Waals surface area contributed by atoms with Crippen molar-refractivity contribution in [3.8, 4) is 0 Å². The highest BCUT2D eigenvalue weighted by Gasteiger charge is 2.45. The Morgan fingerprint density at radius 2 is 1.23 bits per heavy atom. The van der Waals surface area contributed by atoms with E-state index in [4.69, 9.17) is 16.1 Å². The van der Waals surface area contributed by atoms with Crippen LogP contribution in [0.5, 0.6) is 0 Å². The van der Waals surface area contributed by atoms with Crippen LogP contribution in [0, 0.1) is 11.3 Å². The quantitative estimate of drug-likeness (QED) is 0.0115. The van der Waals surface area contributed by atoms with Gasteiger partial charge in [0.25, 0.3) is 5.91 Å². The smallest absolute Gasteiger partial charge is 0.326 e. The van der Waals surface area contributed by atoms with E-state index in [-0.39, 0.29) is 88.4 Å². The molecule has 13 rings (SSSR count). The van der Waals surface area contributed by atoms with Gasteiger partial charge in [-0.25, -0.2) is 9.79 Å². The summed E-state index contributed by atoms with van der Waals surface area (Å²) in [6.45, 7) is 7.37. The molecule has 0 spiro atoms. The summed E-state index contributed by atoms with van der Waals surface area (Å²) in [5.74, 6) is -6.58. The van der Waals surface area contributed by atoms with Crippen molar-refractivity contribution in [2.24, 2.45) is 16.6 Å². The largest absolute Gasteiger partial charge is 0.480 e. The van der Waals surface area contributed by atoms with Crippen LogP contribution in [0.4, 0.5) is 0 Å². The molecule has 27 heteroatoms. The molecule has 1 unspecified atom stereocenters. The van der Waals surface area contributed by atoms with Gasteiger partial charge in [-0.3, -0.25) is 43.8 Å². The molecule has 27 nitrogen and oxygen atoms in total. The van der Waals surface area contributed by atoms with Gasteiger partial charge >= 0.3 is 5.97 Å². The molecule has 8 heterocycles. The van der Waals surface area contributed by atoms with E-state index in [1.54, 1.807) is 6.20 Å². The first kappa shape index (κ1) is 83.1. The highest BCUT2D eigenvalue weighted by molar-refractivity contribution is 6.30. The van der Waals surface area contributed by atoms with Gasteiger partial charge in [0.15, 0.2) is 5.96 Å². The van der Waals surface area contributed by atoms with Gasteiger partial charge in [0.1, 0.15) is 42.3 Å². The van der Waals surface area contributed by atoms with Crippen LogP contribution in [-0.4, -0.2) is 180 Å². The first-order valence-electron chi connectivity index (χ1n) is 40.9. The molecule has 3 saturated heterocycles. The molecule has 118 heavy (non-hydrogen) atoms. The van der Waals surface area contributed by atoms with Crippen molar-refractivity contribution in [2.75, 3.05) is 26.2 Å². The van der Waals surface area contributed by atoms with E-state index in [1.807, 2.05) is 92.7 Å². The number of carboxylic acids is 1. The molecule has 8 aromatic rings. The maximum Gasteiger partial charge on any atom is 0.326 e. The number of amides is 8. The fourth-order valence-corrected chi connectivity index (χ4v) is 16.6. The number of carboxylic acid groups (broad SMARTS) is 1. The van der Waals surface area contributed by atoms with E-state index in [0.29, 0.717) is 49.8 Å². The second-order valence-electron chi connectivity index (χ2n) is 31.4. The molecule has 9 atom stereocenters. The highest BCUT2D eigenvalue weighted by Crippen LogP contribution is 2.38. The van der Waals surface area contributed by atoms with E-state index in [0.717, 1.165) is 102 Å². The molecule has 8 amide bonds. The van der Waals surface area contributed by atoms with Crippen molar-refractivity contribution < 1.29 is 53.4 Å². The third-order valence-electron chi connectivity index (χ3n) is 22.5. The molecule has 8 bridgehead atoms. The Kier molecular flexibility index (Phi) is 26.9. The lowest BCUT2D eigenvalue weighted by atomic mass is 9.97. The van der Waals surface area contributed by atoms with Crippen molar-refractivity contribution in [2.45, 2.75) is 172 Å². The third-order valence-corrected chi connectivity index (χ3v) is 22.5. The fraction of sp³-hybridized carbons (Fsp3) is 0.352. The molecule has 0 aliphatic carbocycles. The fourth-order valence-electron chi connectivity index (χ4n) is 16.6. The van der Waals surface area contributed by atoms with Gasteiger partial charge in [-0.05, 0) is 173 Å². The average Bonchev–Trinajstić information content (AvgIpc) is 1.62. The Bertz CT molecular complexity index is 5310. The Morgan fingerprint density at radius 3 is 1.92 bits per heavy atom. The monoisotopic (exact) mass is 1600 g/mol. The lowest BCUT2D eigenvalue weighted by molar-refractivity contribution is -0.149. The number of aromatic amines is 3. The van der Waals surface area contributed by atoms with Crippen LogP contribution in [0.3, 0.4) is 0 Å². The normalized spacial score (nSPS) is 20.1. The van der Waals surface area contributed by atoms with Crippen LogP contribution >= 0.6 is 0 Å². The summed E-state index contributed by atoms with van der Waals surface area (Å²) >= 11 is 0. The summed E-state index contributed by atoms with van der Waals surface area (Å²) < 4.78 is 0. The number of nitrogens with two attached hydrogens (primary N) is 1. The van der Waals surface area contributed by atoms with Gasteiger partial charge in [-0.1, -0.05) is 142 Å². The van der Waals surface area contributed by atoms with Gasteiger partial charge in [-0.15, -0.1) is 0 Å². The second kappa shape index (κ2) is 38.2. The zero-order valence-electron chi connectivity index (χ0n) is 66.8. The first-order valence-corrected chi connectivity index (χ1v) is 40.9. The number of fused-ring (bicyclic) bond motifs is 8. The summed E-state index contributed by atoms with van der Waals surface area (Å²) in [6, 6.07) is 46.1. The average molecular weight is 1600 g/mol. The highest BCUT2D eigenvalue weighted by atomic mass is 16.4. The Hall–Kier alpha value is -12.9. The number of aliphatic carboxylic acids is 1. The minimum absolute atomic E-state index is 0.00338. The number of H-pyrrole nitrogens is 3. The molecule has 16 N–H and O–H groups in total. The number of carbonyl (C=O) groups excluding carboxylic acids is 8. The zero-order chi connectivity index (χ0) is 83.1. The first-order chi connectivity index (χ1) is 57.0. The maximum atomic E-state index is 14.9. The number of allylic oxidation sites excluding steroid dienone is 3. The summed E-state index contributed by atoms with van der Waals surface area (Å²) in [6.07, 6.45) is 9.35. The van der Waals surface area contributed by atoms with Crippen molar-refractivity contribution in [3.63, 3.8) is 0 Å². The molecule has 614 valence electrons. The van der Waals surface area contributed by atoms with Gasteiger partial charge in [0.2, 0.25) is 41.4 Å². The van der Waals surface area contributed by atoms with Crippen LogP contribution < -0.4 is 59.0 Å². The van der Waals surface area contributed by atoms with Crippen LogP contribution in [0.25, 0.3) is 33.2 Å². The molecular weight excluding hydrogens is 1490 g/mol. The summed E-state index contributed by atoms with van der Waals surface area (Å²) in [5, 5.41) is 54.2. The lowest BCUT2D eigenvalue weighted by Gasteiger charge is -2.34. The van der Waals surface area contributed by atoms with E-state index in [2.05, 4.69) is 155 Å². The number of aliphatic imine (C=N–C) groups is 1. The lowest BCUT2D eigenvalue weighted by Crippen LogP contribution is -2.61. The Balaban J connectivity index is 0.627. The summed E-state index contributed by atoms with van der Waals surface area (Å²) in [7, 11) is 0. The van der Waals surface area contributed by atoms with Crippen LogP contribution in [0.1, 0.15) is 161 Å². The minimum Gasteiger partial charge on any atom is -0.480 e. The topological polar surface area (TPSA) is 406 Å². The number of nitrogens with one attached hydrogen (secondary N) is 12. The van der Waals surface area contributed by atoms with Gasteiger partial charge < -0.3 is 83.2 Å². The number of hydrogen-bond donors (Lipinski definition) is 15. The van der Waals surface area contributed by atoms with Crippen molar-refractivity contribution >= 4 is 98.1 Å². The molecule has 0 saturated carbocycles. The number of carbonyl (C=O) groups is 9. The Morgan fingerprint density at radius 1 is 0.593 bits per heavy atom. The molecule has 0 radical (unpaired) electrons. The summed E-state index contributed by atoms with van der Waals surface area (Å²) in [4.78, 5) is 145. The maximum absolute atomic E-state index is 14.9. The number of aromatic nitrogens is 3. The number of nitrogens with zero attached hydrogens (tertiary/aromatic N) is 3. The number of benzene rings is 5. The molecular formula is C91H104N16O11. The van der Waals surface area contributed by atoms with Gasteiger partial charge in [0, 0.05) is 112 Å². The van der Waals surface area contributed by atoms with E-state index < -0.39 is 95.7 Å². The van der Waals surface area contributed by atoms with Gasteiger partial charge in [-0.2, -0.15) is 0 Å². The molecule has 3 aromatic heterocycles. The number of hydrogen-bond acceptors (Lipinski definition) is 13. The number of para-hydroxylation sites is 1. The van der Waals surface area contributed by atoms with Crippen LogP contribution in [0.2, 0.25) is 0 Å². The number of guanidine groups is 1. The van der Waals surface area contributed by atoms with E-state index in [9.17, 15) is 53.4 Å². The third kappa shape index (κ3) is 19.8. The predicted octanol–water partition coefficient (Wildman–Crippen LogP) is 6.95. The molecule has 5 aliphatic rings. The predicted molar refractivity (Wildman–Crippen MR) is 452 cm³/mol. The Labute approximate surface area is 684 Å². The van der Waals surface area contributed by atoms with Crippen molar-refractivity contribution in [3.05, 3.63) is 249 Å². The zero-order valence-corrected chi connectivity index (χ0v) is 66.8. The van der Waals surface area contributed by atoms with Gasteiger partial charge in [0.05, 0.1) is 23.6 Å². The molecule has 5 aromatic carbocycles. The van der Waals surface area contributed by atoms with Crippen LogP contribution in [0.15, 0.2) is 199 Å². The molecule has 3 fully saturated rings. The summed E-state index contributed by atoms with van der Waals surface area (Å²) in [5.41, 5.74) is 19.8. The SMILES string of the molecule is CC(C)C[C@H](NC(=O)[C@H](Cc1c[nH]c2ccccc12)NC(=O)[C@@H](NC(=O)[C@H](C)NC(=O)CCCCCNC(=O)c1ccc(/C2=C3\C=CC(=N3)/C(c3ccccc3)=c3/cc/c([nH]3)=C(\c3ccccc3)C3CC/C(=C(\c4ccccc4)c4ccc2[nH]4)N3)cc1)[C@@H](C)O)C(=O)N1CCC[C@H]1C(=O)N1CCC[C@H]1C(=O)N[C@@H](CCCNC(=N)N)C(=O)O. The minimum atomic E-state index is -1.63. The number of aliphatic hydroxyl groups excluding tert-OH is 1. The van der Waals surface area contributed by atoms with E-state index >= 15 is 0 Å². The number of likely N-dealkylation sites (tertiary alicyclic amines) is 2.